The van der Waals surface area contributed by atoms with Crippen molar-refractivity contribution in [2.24, 2.45) is 0 Å². The minimum absolute atomic E-state index is 0.0910. The van der Waals surface area contributed by atoms with E-state index in [-0.39, 0.29) is 17.1 Å². The molecule has 0 aliphatic rings. The number of carbonyl (C=O) groups is 2. The van der Waals surface area contributed by atoms with E-state index in [1.165, 1.54) is 25.1 Å². The van der Waals surface area contributed by atoms with E-state index in [0.29, 0.717) is 0 Å². The van der Waals surface area contributed by atoms with Gasteiger partial charge in [0.15, 0.2) is 0 Å². The number of hydrogen-bond acceptors (Lipinski definition) is 5. The molecule has 0 amide bonds. The number of carbonyl (C=O) groups excluding carboxylic acids is 2. The first-order valence-corrected chi connectivity index (χ1v) is 6.54. The number of nitrogens with zero attached hydrogens (tertiary/aromatic N) is 1. The summed E-state index contributed by atoms with van der Waals surface area (Å²) in [6.07, 6.45) is 0.987. The van der Waals surface area contributed by atoms with Crippen molar-refractivity contribution in [2.45, 2.75) is 6.92 Å². The molecule has 0 N–H and O–H groups in total. The van der Waals surface area contributed by atoms with Crippen LogP contribution in [0, 0.1) is 17.4 Å². The van der Waals surface area contributed by atoms with Crippen molar-refractivity contribution in [3.8, 4) is 17.6 Å². The van der Waals surface area contributed by atoms with Crippen LogP contribution in [-0.4, -0.2) is 11.9 Å². The maximum Gasteiger partial charge on any atom is 0.335 e. The molecule has 23 heavy (non-hydrogen) atoms. The number of nitriles is 1. The van der Waals surface area contributed by atoms with E-state index in [1.807, 2.05) is 36.4 Å². The third-order valence-corrected chi connectivity index (χ3v) is 2.32. The molecule has 0 aliphatic heterocycles. The highest BCUT2D eigenvalue weighted by atomic mass is 16.5. The Balaban J connectivity index is 0.000000366. The fourth-order valence-corrected chi connectivity index (χ4v) is 1.41. The van der Waals surface area contributed by atoms with Crippen LogP contribution in [0.15, 0.2) is 61.2 Å². The van der Waals surface area contributed by atoms with Crippen LogP contribution in [-0.2, 0) is 9.59 Å². The fourth-order valence-electron chi connectivity index (χ4n) is 1.41. The summed E-state index contributed by atoms with van der Waals surface area (Å²) >= 11 is 0. The highest BCUT2D eigenvalue weighted by Crippen LogP contribution is 2.23. The zero-order valence-corrected chi connectivity index (χ0v) is 12.5. The lowest BCUT2D eigenvalue weighted by Gasteiger charge is -2.06. The molecule has 0 spiro atoms. The van der Waals surface area contributed by atoms with Crippen molar-refractivity contribution < 1.29 is 19.1 Å². The molecule has 2 aromatic carbocycles. The SMILES string of the molecule is C=CC(=O)Oc1ccc(OC(C)=O)cc1C#N.[c]1ccccc1. The Morgan fingerprint density at radius 1 is 1.22 bits per heavy atom. The van der Waals surface area contributed by atoms with Crippen LogP contribution in [0.1, 0.15) is 12.5 Å². The Hall–Kier alpha value is -3.39. The van der Waals surface area contributed by atoms with Crippen LogP contribution in [0.2, 0.25) is 0 Å². The lowest BCUT2D eigenvalue weighted by atomic mass is 10.2. The Bertz CT molecular complexity index is 691. The summed E-state index contributed by atoms with van der Waals surface area (Å²) in [5.41, 5.74) is 0.0963. The number of ether oxygens (including phenoxy) is 2. The van der Waals surface area contributed by atoms with E-state index in [2.05, 4.69) is 12.6 Å². The molecule has 0 saturated heterocycles. The monoisotopic (exact) mass is 308 g/mol. The molecule has 2 rings (SSSR count). The summed E-state index contributed by atoms with van der Waals surface area (Å²) < 4.78 is 9.62. The second-order valence-corrected chi connectivity index (χ2v) is 4.07. The molecular formula is C18H14NO4. The molecule has 0 aliphatic carbocycles. The van der Waals surface area contributed by atoms with Gasteiger partial charge in [0.1, 0.15) is 17.6 Å². The molecule has 0 bridgehead atoms. The molecule has 0 unspecified atom stereocenters. The van der Waals surface area contributed by atoms with Crippen molar-refractivity contribution in [2.75, 3.05) is 0 Å². The van der Waals surface area contributed by atoms with E-state index in [0.717, 1.165) is 6.08 Å². The summed E-state index contributed by atoms with van der Waals surface area (Å²) in [4.78, 5) is 21.7. The Morgan fingerprint density at radius 2 is 1.91 bits per heavy atom. The highest BCUT2D eigenvalue weighted by molar-refractivity contribution is 5.83. The van der Waals surface area contributed by atoms with Gasteiger partial charge in [0.25, 0.3) is 0 Å². The van der Waals surface area contributed by atoms with Gasteiger partial charge in [0.2, 0.25) is 0 Å². The van der Waals surface area contributed by atoms with Gasteiger partial charge in [-0.05, 0) is 18.2 Å². The fraction of sp³-hybridized carbons (Fsp3) is 0.0556. The average molecular weight is 308 g/mol. The second-order valence-electron chi connectivity index (χ2n) is 4.07. The van der Waals surface area contributed by atoms with E-state index < -0.39 is 11.9 Å². The first-order valence-electron chi connectivity index (χ1n) is 6.54. The van der Waals surface area contributed by atoms with E-state index in [4.69, 9.17) is 14.7 Å². The van der Waals surface area contributed by atoms with E-state index in [1.54, 1.807) is 0 Å². The zero-order chi connectivity index (χ0) is 17.1. The van der Waals surface area contributed by atoms with Gasteiger partial charge in [-0.3, -0.25) is 4.79 Å². The van der Waals surface area contributed by atoms with Gasteiger partial charge in [0.05, 0.1) is 5.56 Å². The predicted molar refractivity (Wildman–Crippen MR) is 83.6 cm³/mol. The third kappa shape index (κ3) is 6.74. The summed E-state index contributed by atoms with van der Waals surface area (Å²) in [5, 5.41) is 8.85. The van der Waals surface area contributed by atoms with E-state index in [9.17, 15) is 9.59 Å². The summed E-state index contributed by atoms with van der Waals surface area (Å²) in [6, 6.07) is 18.4. The number of hydrogen-bond donors (Lipinski definition) is 0. The van der Waals surface area contributed by atoms with Gasteiger partial charge in [-0.2, -0.15) is 5.26 Å². The van der Waals surface area contributed by atoms with Crippen molar-refractivity contribution in [3.05, 3.63) is 72.8 Å². The van der Waals surface area contributed by atoms with Gasteiger partial charge < -0.3 is 9.47 Å². The summed E-state index contributed by atoms with van der Waals surface area (Å²) in [7, 11) is 0. The van der Waals surface area contributed by atoms with Crippen LogP contribution < -0.4 is 9.47 Å². The molecule has 5 nitrogen and oxygen atoms in total. The number of benzene rings is 2. The maximum absolute atomic E-state index is 11.0. The van der Waals surface area contributed by atoms with Gasteiger partial charge in [-0.1, -0.05) is 36.9 Å². The standard InChI is InChI=1S/C12H9NO4.C6H5/c1-3-12(15)17-11-5-4-10(16-8(2)14)6-9(11)7-13;1-2-4-6-5-3-1/h3-6H,1H2,2H3;1-5H. The van der Waals surface area contributed by atoms with Gasteiger partial charge in [-0.15, -0.1) is 0 Å². The van der Waals surface area contributed by atoms with Crippen LogP contribution in [0.4, 0.5) is 0 Å². The Labute approximate surface area is 134 Å². The zero-order valence-electron chi connectivity index (χ0n) is 12.5. The highest BCUT2D eigenvalue weighted by Gasteiger charge is 2.09. The van der Waals surface area contributed by atoms with Crippen molar-refractivity contribution in [1.82, 2.24) is 0 Å². The second kappa shape index (κ2) is 9.53. The van der Waals surface area contributed by atoms with Crippen molar-refractivity contribution in [1.29, 1.82) is 5.26 Å². The quantitative estimate of drug-likeness (QED) is 0.495. The number of esters is 2. The first-order chi connectivity index (χ1) is 11.1. The molecule has 2 aromatic rings. The normalized spacial score (nSPS) is 8.70. The minimum Gasteiger partial charge on any atom is -0.427 e. The van der Waals surface area contributed by atoms with Gasteiger partial charge in [-0.25, -0.2) is 4.79 Å². The third-order valence-electron chi connectivity index (χ3n) is 2.32. The topological polar surface area (TPSA) is 76.4 Å². The van der Waals surface area contributed by atoms with E-state index >= 15 is 0 Å². The Kier molecular flexibility index (Phi) is 7.32. The van der Waals surface area contributed by atoms with Gasteiger partial charge in [0, 0.05) is 19.1 Å². The smallest absolute Gasteiger partial charge is 0.335 e. The van der Waals surface area contributed by atoms with Crippen molar-refractivity contribution >= 4 is 11.9 Å². The van der Waals surface area contributed by atoms with Crippen LogP contribution >= 0.6 is 0 Å². The molecule has 0 saturated carbocycles. The Morgan fingerprint density at radius 3 is 2.35 bits per heavy atom. The van der Waals surface area contributed by atoms with Gasteiger partial charge >= 0.3 is 11.9 Å². The maximum atomic E-state index is 11.0. The summed E-state index contributed by atoms with van der Waals surface area (Å²) in [6.45, 7) is 4.49. The first kappa shape index (κ1) is 17.7. The lowest BCUT2D eigenvalue weighted by molar-refractivity contribution is -0.132. The van der Waals surface area contributed by atoms with Crippen LogP contribution in [0.3, 0.4) is 0 Å². The van der Waals surface area contributed by atoms with Crippen molar-refractivity contribution in [3.63, 3.8) is 0 Å². The molecule has 0 atom stereocenters. The largest absolute Gasteiger partial charge is 0.427 e. The van der Waals surface area contributed by atoms with Crippen LogP contribution in [0.25, 0.3) is 0 Å². The molecule has 0 aromatic heterocycles. The molecule has 5 heteroatoms. The molecular weight excluding hydrogens is 294 g/mol. The molecule has 1 radical (unpaired) electrons. The molecule has 0 heterocycles. The number of rotatable bonds is 3. The average Bonchev–Trinajstić information content (AvgIpc) is 2.57. The summed E-state index contributed by atoms with van der Waals surface area (Å²) in [5.74, 6) is -0.854. The van der Waals surface area contributed by atoms with Crippen LogP contribution in [0.5, 0.6) is 11.5 Å². The lowest BCUT2D eigenvalue weighted by Crippen LogP contribution is -2.05. The molecule has 0 fully saturated rings. The molecule has 115 valence electrons. The predicted octanol–water partition coefficient (Wildman–Crippen LogP) is 3.06. The minimum atomic E-state index is -0.665.